The molecule has 0 aromatic heterocycles. The number of carbonyl (C=O) groups excluding carboxylic acids is 1. The Morgan fingerprint density at radius 1 is 1.10 bits per heavy atom. The van der Waals surface area contributed by atoms with Crippen molar-refractivity contribution in [2.75, 3.05) is 32.1 Å². The Balaban J connectivity index is 1.81. The van der Waals surface area contributed by atoms with Crippen LogP contribution in [0.4, 0.5) is 5.69 Å². The summed E-state index contributed by atoms with van der Waals surface area (Å²) in [6.07, 6.45) is 1.34. The third kappa shape index (κ3) is 4.37. The van der Waals surface area contributed by atoms with Gasteiger partial charge in [-0.05, 0) is 69.0 Å². The van der Waals surface area contributed by atoms with E-state index >= 15 is 0 Å². The molecule has 2 aromatic carbocycles. The van der Waals surface area contributed by atoms with E-state index in [9.17, 15) is 13.2 Å². The van der Waals surface area contributed by atoms with Gasteiger partial charge >= 0.3 is 0 Å². The molecule has 1 fully saturated rings. The van der Waals surface area contributed by atoms with E-state index in [0.29, 0.717) is 24.3 Å². The Morgan fingerprint density at radius 3 is 2.27 bits per heavy atom. The summed E-state index contributed by atoms with van der Waals surface area (Å²) in [6, 6.07) is 11.0. The zero-order chi connectivity index (χ0) is 22.1. The van der Waals surface area contributed by atoms with Crippen molar-refractivity contribution in [3.63, 3.8) is 0 Å². The summed E-state index contributed by atoms with van der Waals surface area (Å²) in [5.41, 5.74) is 3.29. The van der Waals surface area contributed by atoms with Gasteiger partial charge in [0, 0.05) is 25.8 Å². The average molecular weight is 431 g/mol. The Bertz CT molecular complexity index is 1010. The Kier molecular flexibility index (Phi) is 6.53. The van der Waals surface area contributed by atoms with Crippen LogP contribution in [0.5, 0.6) is 5.75 Å². The second-order valence-electron chi connectivity index (χ2n) is 8.03. The van der Waals surface area contributed by atoms with E-state index in [-0.39, 0.29) is 18.4 Å². The first-order valence-electron chi connectivity index (χ1n) is 10.1. The fourth-order valence-electron chi connectivity index (χ4n) is 4.27. The topological polar surface area (TPSA) is 66.9 Å². The maximum atomic E-state index is 13.4. The summed E-state index contributed by atoms with van der Waals surface area (Å²) in [4.78, 5) is 15.1. The molecule has 7 heteroatoms. The highest BCUT2D eigenvalue weighted by Gasteiger charge is 2.36. The molecule has 0 spiro atoms. The summed E-state index contributed by atoms with van der Waals surface area (Å²) in [7, 11) is -0.336. The fourth-order valence-corrected chi connectivity index (χ4v) is 6.21. The number of amides is 1. The van der Waals surface area contributed by atoms with Crippen molar-refractivity contribution in [1.29, 1.82) is 0 Å². The number of ether oxygens (including phenoxy) is 1. The van der Waals surface area contributed by atoms with Gasteiger partial charge in [0.25, 0.3) is 0 Å². The molecular formula is C23H30N2O4S. The molecule has 162 valence electrons. The molecule has 0 unspecified atom stereocenters. The quantitative estimate of drug-likeness (QED) is 0.726. The average Bonchev–Trinajstić information content (AvgIpc) is 2.72. The molecule has 0 radical (unpaired) electrons. The number of rotatable bonds is 5. The van der Waals surface area contributed by atoms with E-state index < -0.39 is 10.0 Å². The van der Waals surface area contributed by atoms with Gasteiger partial charge in [-0.1, -0.05) is 17.7 Å². The molecule has 1 atom stereocenters. The standard InChI is InChI=1S/C23H30N2O4S/c1-16-13-17(2)22(18(3)14-16)30(27,28)25-12-6-7-19(15-25)23(26)24(4)20-8-10-21(29-5)11-9-20/h8-11,13-14,19H,6-7,12,15H2,1-5H3/t19-/m1/s1. The van der Waals surface area contributed by atoms with Crippen LogP contribution < -0.4 is 9.64 Å². The molecule has 30 heavy (non-hydrogen) atoms. The van der Waals surface area contributed by atoms with Crippen molar-refractivity contribution in [1.82, 2.24) is 4.31 Å². The van der Waals surface area contributed by atoms with Gasteiger partial charge in [0.1, 0.15) is 5.75 Å². The van der Waals surface area contributed by atoms with Crippen LogP contribution in [0.3, 0.4) is 0 Å². The normalized spacial score (nSPS) is 17.6. The second kappa shape index (κ2) is 8.78. The molecule has 1 aliphatic heterocycles. The van der Waals surface area contributed by atoms with Gasteiger partial charge in [0.15, 0.2) is 0 Å². The Labute approximate surface area is 179 Å². The number of aryl methyl sites for hydroxylation is 3. The van der Waals surface area contributed by atoms with Crippen LogP contribution in [0.15, 0.2) is 41.3 Å². The predicted octanol–water partition coefficient (Wildman–Crippen LogP) is 3.68. The molecule has 6 nitrogen and oxygen atoms in total. The minimum Gasteiger partial charge on any atom is -0.497 e. The molecule has 1 heterocycles. The van der Waals surface area contributed by atoms with Crippen LogP contribution in [-0.4, -0.2) is 45.9 Å². The molecule has 3 rings (SSSR count). The third-order valence-electron chi connectivity index (χ3n) is 5.73. The lowest BCUT2D eigenvalue weighted by molar-refractivity contribution is -0.123. The molecule has 1 saturated heterocycles. The van der Waals surface area contributed by atoms with Crippen molar-refractivity contribution in [3.05, 3.63) is 53.1 Å². The highest BCUT2D eigenvalue weighted by Crippen LogP contribution is 2.30. The smallest absolute Gasteiger partial charge is 0.243 e. The lowest BCUT2D eigenvalue weighted by Crippen LogP contribution is -2.46. The number of sulfonamides is 1. The van der Waals surface area contributed by atoms with E-state index in [2.05, 4.69) is 0 Å². The molecular weight excluding hydrogens is 400 g/mol. The van der Waals surface area contributed by atoms with Crippen LogP contribution in [0.25, 0.3) is 0 Å². The Hall–Kier alpha value is -2.38. The van der Waals surface area contributed by atoms with E-state index in [0.717, 1.165) is 28.1 Å². The third-order valence-corrected chi connectivity index (χ3v) is 7.90. The number of carbonyl (C=O) groups is 1. The van der Waals surface area contributed by atoms with Gasteiger partial charge in [0.2, 0.25) is 15.9 Å². The summed E-state index contributed by atoms with van der Waals surface area (Å²) >= 11 is 0. The molecule has 0 saturated carbocycles. The van der Waals surface area contributed by atoms with Crippen molar-refractivity contribution in [3.8, 4) is 5.75 Å². The second-order valence-corrected chi connectivity index (χ2v) is 9.90. The minimum atomic E-state index is -3.66. The van der Waals surface area contributed by atoms with E-state index in [4.69, 9.17) is 4.74 Å². The van der Waals surface area contributed by atoms with Crippen LogP contribution in [0.1, 0.15) is 29.5 Å². The summed E-state index contributed by atoms with van der Waals surface area (Å²) < 4.78 is 33.5. The van der Waals surface area contributed by atoms with Gasteiger partial charge in [-0.15, -0.1) is 0 Å². The molecule has 2 aromatic rings. The van der Waals surface area contributed by atoms with E-state index in [1.54, 1.807) is 31.2 Å². The van der Waals surface area contributed by atoms with Crippen molar-refractivity contribution in [2.45, 2.75) is 38.5 Å². The maximum Gasteiger partial charge on any atom is 0.243 e. The number of hydrogen-bond donors (Lipinski definition) is 0. The first-order chi connectivity index (χ1) is 14.1. The van der Waals surface area contributed by atoms with Crippen molar-refractivity contribution < 1.29 is 17.9 Å². The highest BCUT2D eigenvalue weighted by molar-refractivity contribution is 7.89. The zero-order valence-electron chi connectivity index (χ0n) is 18.3. The van der Waals surface area contributed by atoms with Crippen LogP contribution >= 0.6 is 0 Å². The number of hydrogen-bond acceptors (Lipinski definition) is 4. The first-order valence-corrected chi connectivity index (χ1v) is 11.6. The molecule has 0 N–H and O–H groups in total. The number of methoxy groups -OCH3 is 1. The minimum absolute atomic E-state index is 0.0718. The Morgan fingerprint density at radius 2 is 1.70 bits per heavy atom. The number of piperidine rings is 1. The van der Waals surface area contributed by atoms with Gasteiger partial charge < -0.3 is 9.64 Å². The summed E-state index contributed by atoms with van der Waals surface area (Å²) in [5, 5.41) is 0. The first kappa shape index (κ1) is 22.3. The lowest BCUT2D eigenvalue weighted by atomic mass is 9.98. The molecule has 1 amide bonds. The van der Waals surface area contributed by atoms with Crippen LogP contribution in [-0.2, 0) is 14.8 Å². The monoisotopic (exact) mass is 430 g/mol. The molecule has 0 aliphatic carbocycles. The molecule has 0 bridgehead atoms. The van der Waals surface area contributed by atoms with Crippen LogP contribution in [0, 0.1) is 26.7 Å². The largest absolute Gasteiger partial charge is 0.497 e. The number of anilines is 1. The summed E-state index contributed by atoms with van der Waals surface area (Å²) in [5.74, 6) is 0.280. The zero-order valence-corrected chi connectivity index (χ0v) is 19.1. The highest BCUT2D eigenvalue weighted by atomic mass is 32.2. The van der Waals surface area contributed by atoms with E-state index in [1.165, 1.54) is 4.31 Å². The van der Waals surface area contributed by atoms with Gasteiger partial charge in [-0.3, -0.25) is 4.79 Å². The number of benzene rings is 2. The van der Waals surface area contributed by atoms with Crippen LogP contribution in [0.2, 0.25) is 0 Å². The summed E-state index contributed by atoms with van der Waals surface area (Å²) in [6.45, 7) is 6.26. The molecule has 1 aliphatic rings. The lowest BCUT2D eigenvalue weighted by Gasteiger charge is -2.34. The van der Waals surface area contributed by atoms with E-state index in [1.807, 2.05) is 45.0 Å². The van der Waals surface area contributed by atoms with Gasteiger partial charge in [-0.2, -0.15) is 4.31 Å². The van der Waals surface area contributed by atoms with Crippen molar-refractivity contribution >= 4 is 21.6 Å². The maximum absolute atomic E-state index is 13.4. The van der Waals surface area contributed by atoms with Gasteiger partial charge in [-0.25, -0.2) is 8.42 Å². The SMILES string of the molecule is COc1ccc(N(C)C(=O)[C@@H]2CCCN(S(=O)(=O)c3c(C)cc(C)cc3C)C2)cc1. The predicted molar refractivity (Wildman–Crippen MR) is 119 cm³/mol. The van der Waals surface area contributed by atoms with Gasteiger partial charge in [0.05, 0.1) is 17.9 Å². The fraction of sp³-hybridized carbons (Fsp3) is 0.435. The number of nitrogens with zero attached hydrogens (tertiary/aromatic N) is 2. The van der Waals surface area contributed by atoms with Crippen molar-refractivity contribution in [2.24, 2.45) is 5.92 Å².